The van der Waals surface area contributed by atoms with E-state index in [0.29, 0.717) is 17.2 Å². The van der Waals surface area contributed by atoms with E-state index in [9.17, 15) is 9.18 Å². The summed E-state index contributed by atoms with van der Waals surface area (Å²) in [6.45, 7) is 2.63. The first-order valence-corrected chi connectivity index (χ1v) is 6.62. The molecule has 7 heteroatoms. The second-order valence-electron chi connectivity index (χ2n) is 3.73. The van der Waals surface area contributed by atoms with Crippen LogP contribution in [0.2, 0.25) is 0 Å². The lowest BCUT2D eigenvalue weighted by Crippen LogP contribution is -2.02. The SMILES string of the molecule is CCn1ncnc1CSc1cc(C(=O)O)ccc1F. The summed E-state index contributed by atoms with van der Waals surface area (Å²) in [5, 5.41) is 12.9. The van der Waals surface area contributed by atoms with Crippen molar-refractivity contribution >= 4 is 17.7 Å². The number of thioether (sulfide) groups is 1. The molecule has 1 heterocycles. The standard InChI is InChI=1S/C12H12FN3O2S/c1-2-16-11(14-7-15-16)6-19-10-5-8(12(17)18)3-4-9(10)13/h3-5,7H,2,6H2,1H3,(H,17,18). The van der Waals surface area contributed by atoms with Crippen molar-refractivity contribution in [3.8, 4) is 0 Å². The van der Waals surface area contributed by atoms with Crippen LogP contribution in [0, 0.1) is 5.82 Å². The zero-order chi connectivity index (χ0) is 13.8. The average molecular weight is 281 g/mol. The smallest absolute Gasteiger partial charge is 0.335 e. The second kappa shape index (κ2) is 5.83. The van der Waals surface area contributed by atoms with Gasteiger partial charge in [0.1, 0.15) is 18.0 Å². The summed E-state index contributed by atoms with van der Waals surface area (Å²) in [6, 6.07) is 3.74. The van der Waals surface area contributed by atoms with Crippen LogP contribution >= 0.6 is 11.8 Å². The topological polar surface area (TPSA) is 68.0 Å². The van der Waals surface area contributed by atoms with Crippen molar-refractivity contribution in [3.05, 3.63) is 41.7 Å². The molecule has 0 aliphatic rings. The summed E-state index contributed by atoms with van der Waals surface area (Å²) < 4.78 is 15.3. The molecule has 0 saturated carbocycles. The number of aromatic carboxylic acids is 1. The maximum Gasteiger partial charge on any atom is 0.335 e. The lowest BCUT2D eigenvalue weighted by atomic mass is 10.2. The van der Waals surface area contributed by atoms with Gasteiger partial charge in [-0.1, -0.05) is 0 Å². The molecule has 2 rings (SSSR count). The van der Waals surface area contributed by atoms with Gasteiger partial charge < -0.3 is 5.11 Å². The molecule has 2 aromatic rings. The second-order valence-corrected chi connectivity index (χ2v) is 4.75. The number of nitrogens with zero attached hydrogens (tertiary/aromatic N) is 3. The third-order valence-corrected chi connectivity index (χ3v) is 3.56. The molecule has 0 atom stereocenters. The van der Waals surface area contributed by atoms with Gasteiger partial charge in [0.2, 0.25) is 0 Å². The molecule has 1 aromatic heterocycles. The number of benzene rings is 1. The zero-order valence-electron chi connectivity index (χ0n) is 10.2. The molecule has 0 fully saturated rings. The van der Waals surface area contributed by atoms with Crippen LogP contribution in [0.15, 0.2) is 29.4 Å². The summed E-state index contributed by atoms with van der Waals surface area (Å²) in [4.78, 5) is 15.2. The van der Waals surface area contributed by atoms with Gasteiger partial charge in [0.15, 0.2) is 0 Å². The summed E-state index contributed by atoms with van der Waals surface area (Å²) in [7, 11) is 0. The van der Waals surface area contributed by atoms with Crippen LogP contribution in [0.5, 0.6) is 0 Å². The Morgan fingerprint density at radius 2 is 2.32 bits per heavy atom. The molecule has 1 N–H and O–H groups in total. The Kier molecular flexibility index (Phi) is 4.16. The van der Waals surface area contributed by atoms with Gasteiger partial charge in [-0.05, 0) is 25.1 Å². The normalized spacial score (nSPS) is 10.6. The Morgan fingerprint density at radius 1 is 1.53 bits per heavy atom. The lowest BCUT2D eigenvalue weighted by Gasteiger charge is -2.05. The molecule has 0 aliphatic carbocycles. The fourth-order valence-corrected chi connectivity index (χ4v) is 2.48. The third-order valence-electron chi connectivity index (χ3n) is 2.53. The van der Waals surface area contributed by atoms with Crippen LogP contribution in [0.25, 0.3) is 0 Å². The third kappa shape index (κ3) is 3.11. The zero-order valence-corrected chi connectivity index (χ0v) is 11.0. The Bertz CT molecular complexity index is 600. The molecule has 0 amide bonds. The molecule has 0 radical (unpaired) electrons. The first kappa shape index (κ1) is 13.5. The van der Waals surface area contributed by atoms with Crippen molar-refractivity contribution in [1.82, 2.24) is 14.8 Å². The largest absolute Gasteiger partial charge is 0.478 e. The highest BCUT2D eigenvalue weighted by Crippen LogP contribution is 2.26. The first-order chi connectivity index (χ1) is 9.11. The van der Waals surface area contributed by atoms with Gasteiger partial charge >= 0.3 is 5.97 Å². The number of carbonyl (C=O) groups is 1. The highest BCUT2D eigenvalue weighted by Gasteiger charge is 2.10. The van der Waals surface area contributed by atoms with Gasteiger partial charge in [-0.25, -0.2) is 18.9 Å². The van der Waals surface area contributed by atoms with E-state index in [4.69, 9.17) is 5.11 Å². The number of carboxylic acid groups (broad SMARTS) is 1. The monoisotopic (exact) mass is 281 g/mol. The van der Waals surface area contributed by atoms with Gasteiger partial charge in [-0.15, -0.1) is 11.8 Å². The van der Waals surface area contributed by atoms with Crippen LogP contribution in [0.3, 0.4) is 0 Å². The number of rotatable bonds is 5. The predicted molar refractivity (Wildman–Crippen MR) is 68.6 cm³/mol. The van der Waals surface area contributed by atoms with Gasteiger partial charge in [0.25, 0.3) is 0 Å². The molecule has 0 bridgehead atoms. The van der Waals surface area contributed by atoms with Crippen LogP contribution in [0.1, 0.15) is 23.1 Å². The fourth-order valence-electron chi connectivity index (χ4n) is 1.55. The number of aryl methyl sites for hydroxylation is 1. The van der Waals surface area contributed by atoms with Crippen molar-refractivity contribution in [2.24, 2.45) is 0 Å². The molecule has 5 nitrogen and oxygen atoms in total. The van der Waals surface area contributed by atoms with Crippen molar-refractivity contribution in [2.45, 2.75) is 24.1 Å². The van der Waals surface area contributed by atoms with E-state index in [2.05, 4.69) is 10.1 Å². The number of carboxylic acids is 1. The number of halogens is 1. The van der Waals surface area contributed by atoms with E-state index in [1.54, 1.807) is 4.68 Å². The van der Waals surface area contributed by atoms with Crippen LogP contribution in [-0.2, 0) is 12.3 Å². The number of hydrogen-bond donors (Lipinski definition) is 1. The molecule has 0 unspecified atom stereocenters. The van der Waals surface area contributed by atoms with E-state index in [-0.39, 0.29) is 5.56 Å². The number of aromatic nitrogens is 3. The summed E-state index contributed by atoms with van der Waals surface area (Å²) in [6.07, 6.45) is 1.45. The lowest BCUT2D eigenvalue weighted by molar-refractivity contribution is 0.0696. The molecule has 100 valence electrons. The molecule has 0 spiro atoms. The molecule has 1 aromatic carbocycles. The minimum absolute atomic E-state index is 0.0702. The molecule has 0 aliphatic heterocycles. The highest BCUT2D eigenvalue weighted by atomic mass is 32.2. The Morgan fingerprint density at radius 3 is 3.00 bits per heavy atom. The minimum Gasteiger partial charge on any atom is -0.478 e. The minimum atomic E-state index is -1.07. The van der Waals surface area contributed by atoms with Crippen LogP contribution in [-0.4, -0.2) is 25.8 Å². The predicted octanol–water partition coefficient (Wildman–Crippen LogP) is 2.43. The van der Waals surface area contributed by atoms with E-state index >= 15 is 0 Å². The summed E-state index contributed by atoms with van der Waals surface area (Å²) in [5.74, 6) is -0.336. The Balaban J connectivity index is 2.15. The van der Waals surface area contributed by atoms with E-state index in [1.165, 1.54) is 30.2 Å². The summed E-state index contributed by atoms with van der Waals surface area (Å²) in [5.41, 5.74) is 0.0702. The quantitative estimate of drug-likeness (QED) is 0.852. The van der Waals surface area contributed by atoms with Gasteiger partial charge in [0, 0.05) is 11.4 Å². The van der Waals surface area contributed by atoms with Crippen LogP contribution < -0.4 is 0 Å². The van der Waals surface area contributed by atoms with Crippen molar-refractivity contribution in [2.75, 3.05) is 0 Å². The van der Waals surface area contributed by atoms with Crippen molar-refractivity contribution in [1.29, 1.82) is 0 Å². The van der Waals surface area contributed by atoms with Crippen molar-refractivity contribution < 1.29 is 14.3 Å². The Labute approximate surface area is 113 Å². The molecular formula is C12H12FN3O2S. The van der Waals surface area contributed by atoms with Gasteiger partial charge in [-0.2, -0.15) is 5.10 Å². The molecular weight excluding hydrogens is 269 g/mol. The average Bonchev–Trinajstić information content (AvgIpc) is 2.85. The van der Waals surface area contributed by atoms with E-state index in [0.717, 1.165) is 11.9 Å². The molecule has 19 heavy (non-hydrogen) atoms. The first-order valence-electron chi connectivity index (χ1n) is 5.64. The molecule has 0 saturated heterocycles. The van der Waals surface area contributed by atoms with E-state index in [1.807, 2.05) is 6.92 Å². The maximum atomic E-state index is 13.6. The fraction of sp³-hybridized carbons (Fsp3) is 0.250. The van der Waals surface area contributed by atoms with Crippen molar-refractivity contribution in [3.63, 3.8) is 0 Å². The maximum absolute atomic E-state index is 13.6. The summed E-state index contributed by atoms with van der Waals surface area (Å²) >= 11 is 1.20. The Hall–Kier alpha value is -1.89. The van der Waals surface area contributed by atoms with E-state index < -0.39 is 11.8 Å². The van der Waals surface area contributed by atoms with Gasteiger partial charge in [-0.3, -0.25) is 0 Å². The van der Waals surface area contributed by atoms with Crippen LogP contribution in [0.4, 0.5) is 4.39 Å². The number of hydrogen-bond acceptors (Lipinski definition) is 4. The van der Waals surface area contributed by atoms with Gasteiger partial charge in [0.05, 0.1) is 11.3 Å². The highest BCUT2D eigenvalue weighted by molar-refractivity contribution is 7.98.